The Morgan fingerprint density at radius 1 is 0.852 bits per heavy atom. The summed E-state index contributed by atoms with van der Waals surface area (Å²) in [6, 6.07) is 5.25. The first-order valence-electron chi connectivity index (χ1n) is 8.80. The third-order valence-corrected chi connectivity index (χ3v) is 3.41. The maximum absolute atomic E-state index is 10.9. The number of unbranched alkanes of at least 4 members (excludes halogenated alkanes) is 2. The second-order valence-electron chi connectivity index (χ2n) is 5.55. The van der Waals surface area contributed by atoms with E-state index in [1.807, 2.05) is 0 Å². The largest absolute Gasteiger partial charge is 0.494 e. The molecule has 148 valence electrons. The fourth-order valence-corrected chi connectivity index (χ4v) is 1.99. The Hall–Kier alpha value is -2.96. The second-order valence-corrected chi connectivity index (χ2v) is 5.55. The summed E-state index contributed by atoms with van der Waals surface area (Å²) in [6.45, 7) is 8.30. The van der Waals surface area contributed by atoms with Crippen LogP contribution in [0.15, 0.2) is 43.5 Å². The monoisotopic (exact) mass is 377 g/mol. The predicted molar refractivity (Wildman–Crippen MR) is 103 cm³/mol. The molecule has 0 heterocycles. The van der Waals surface area contributed by atoms with E-state index in [0.29, 0.717) is 56.5 Å². The number of carbonyl (C=O) groups is 2. The Morgan fingerprint density at radius 2 is 1.37 bits per heavy atom. The molecule has 0 radical (unpaired) electrons. The van der Waals surface area contributed by atoms with E-state index in [4.69, 9.17) is 24.7 Å². The van der Waals surface area contributed by atoms with Crippen molar-refractivity contribution < 1.29 is 28.5 Å². The Kier molecular flexibility index (Phi) is 10.9. The number of rotatable bonds is 14. The van der Waals surface area contributed by atoms with Crippen molar-refractivity contribution in [1.82, 2.24) is 0 Å². The average Bonchev–Trinajstić information content (AvgIpc) is 2.67. The van der Waals surface area contributed by atoms with Crippen LogP contribution in [-0.4, -0.2) is 38.4 Å². The molecule has 0 aliphatic rings. The van der Waals surface area contributed by atoms with E-state index in [9.17, 15) is 9.59 Å². The average molecular weight is 377 g/mol. The van der Waals surface area contributed by atoms with Crippen molar-refractivity contribution in [2.24, 2.45) is 0 Å². The van der Waals surface area contributed by atoms with Gasteiger partial charge in [0.15, 0.2) is 0 Å². The molecule has 0 fully saturated rings. The summed E-state index contributed by atoms with van der Waals surface area (Å²) >= 11 is 0. The Balaban J connectivity index is 2.19. The third-order valence-electron chi connectivity index (χ3n) is 3.41. The summed E-state index contributed by atoms with van der Waals surface area (Å²) < 4.78 is 21.0. The molecule has 27 heavy (non-hydrogen) atoms. The number of nitrogen functional groups attached to an aromatic ring is 1. The van der Waals surface area contributed by atoms with Gasteiger partial charge in [-0.3, -0.25) is 0 Å². The zero-order chi connectivity index (χ0) is 19.9. The van der Waals surface area contributed by atoms with Gasteiger partial charge in [0.2, 0.25) is 0 Å². The minimum Gasteiger partial charge on any atom is -0.494 e. The van der Waals surface area contributed by atoms with Gasteiger partial charge >= 0.3 is 11.9 Å². The van der Waals surface area contributed by atoms with Crippen LogP contribution in [0.4, 0.5) is 5.69 Å². The van der Waals surface area contributed by atoms with E-state index < -0.39 is 11.9 Å². The van der Waals surface area contributed by atoms with E-state index in [2.05, 4.69) is 13.2 Å². The zero-order valence-electron chi connectivity index (χ0n) is 15.5. The fourth-order valence-electron chi connectivity index (χ4n) is 1.99. The molecule has 0 amide bonds. The van der Waals surface area contributed by atoms with Gasteiger partial charge in [0.25, 0.3) is 0 Å². The smallest absolute Gasteiger partial charge is 0.330 e. The van der Waals surface area contributed by atoms with E-state index in [0.717, 1.165) is 25.0 Å². The van der Waals surface area contributed by atoms with Crippen molar-refractivity contribution in [2.75, 3.05) is 32.2 Å². The molecule has 7 heteroatoms. The number of carbonyl (C=O) groups excluding carboxylic acids is 2. The first-order valence-corrected chi connectivity index (χ1v) is 8.80. The van der Waals surface area contributed by atoms with Crippen molar-refractivity contribution >= 4 is 17.6 Å². The molecule has 2 N–H and O–H groups in total. The molecule has 7 nitrogen and oxygen atoms in total. The van der Waals surface area contributed by atoms with Gasteiger partial charge in [-0.15, -0.1) is 0 Å². The van der Waals surface area contributed by atoms with Crippen LogP contribution in [0.25, 0.3) is 0 Å². The Bertz CT molecular complexity index is 629. The molecule has 1 aromatic rings. The van der Waals surface area contributed by atoms with Gasteiger partial charge in [0.1, 0.15) is 11.5 Å². The quantitative estimate of drug-likeness (QED) is 0.230. The maximum atomic E-state index is 10.9. The minimum atomic E-state index is -0.423. The fraction of sp³-hybridized carbons (Fsp3) is 0.400. The van der Waals surface area contributed by atoms with Crippen LogP contribution in [0.3, 0.4) is 0 Å². The van der Waals surface area contributed by atoms with Crippen molar-refractivity contribution in [3.63, 3.8) is 0 Å². The summed E-state index contributed by atoms with van der Waals surface area (Å²) in [5.41, 5.74) is 6.46. The van der Waals surface area contributed by atoms with Gasteiger partial charge in [-0.05, 0) is 37.8 Å². The molecule has 0 aliphatic carbocycles. The van der Waals surface area contributed by atoms with Crippen LogP contribution in [0, 0.1) is 0 Å². The molecule has 0 atom stereocenters. The van der Waals surface area contributed by atoms with E-state index >= 15 is 0 Å². The van der Waals surface area contributed by atoms with Crippen LogP contribution in [0.1, 0.15) is 25.7 Å². The molecule has 0 saturated heterocycles. The summed E-state index contributed by atoms with van der Waals surface area (Å²) in [7, 11) is 0. The summed E-state index contributed by atoms with van der Waals surface area (Å²) in [5, 5.41) is 0. The number of benzene rings is 1. The maximum Gasteiger partial charge on any atom is 0.330 e. The number of ether oxygens (including phenoxy) is 4. The number of nitrogens with two attached hydrogens (primary N) is 1. The van der Waals surface area contributed by atoms with Crippen molar-refractivity contribution in [3.05, 3.63) is 43.5 Å². The van der Waals surface area contributed by atoms with Gasteiger partial charge in [0.05, 0.1) is 32.1 Å². The van der Waals surface area contributed by atoms with E-state index in [1.54, 1.807) is 18.2 Å². The van der Waals surface area contributed by atoms with E-state index in [-0.39, 0.29) is 0 Å². The normalized spacial score (nSPS) is 9.93. The number of hydrogen-bond donors (Lipinski definition) is 1. The Morgan fingerprint density at radius 3 is 1.89 bits per heavy atom. The lowest BCUT2D eigenvalue weighted by Gasteiger charge is -2.11. The number of hydrogen-bond acceptors (Lipinski definition) is 7. The van der Waals surface area contributed by atoms with Gasteiger partial charge < -0.3 is 24.7 Å². The van der Waals surface area contributed by atoms with Crippen LogP contribution in [-0.2, 0) is 19.1 Å². The topological polar surface area (TPSA) is 97.1 Å². The molecule has 0 bridgehead atoms. The van der Waals surface area contributed by atoms with Crippen molar-refractivity contribution in [1.29, 1.82) is 0 Å². The predicted octanol–water partition coefficient (Wildman–Crippen LogP) is 3.05. The summed E-state index contributed by atoms with van der Waals surface area (Å²) in [6.07, 6.45) is 5.16. The van der Waals surface area contributed by atoms with Gasteiger partial charge in [0, 0.05) is 18.2 Å². The molecule has 0 unspecified atom stereocenters. The molecule has 0 spiro atoms. The standard InChI is InChI=1S/C20H27NO6/c1-3-19(22)26-13-7-5-11-24-16-9-10-18(17(21)15-16)25-12-6-8-14-27-20(23)4-2/h3-4,9-10,15H,1-2,5-8,11-14,21H2. The summed E-state index contributed by atoms with van der Waals surface area (Å²) in [4.78, 5) is 21.8. The Labute approximate surface area is 159 Å². The lowest BCUT2D eigenvalue weighted by atomic mass is 10.2. The van der Waals surface area contributed by atoms with Crippen LogP contribution >= 0.6 is 0 Å². The second kappa shape index (κ2) is 13.3. The molecule has 1 aromatic carbocycles. The molecular formula is C20H27NO6. The van der Waals surface area contributed by atoms with Crippen LogP contribution in [0.5, 0.6) is 11.5 Å². The SMILES string of the molecule is C=CC(=O)OCCCCOc1ccc(OCCCCOC(=O)C=C)c(N)c1. The third kappa shape index (κ3) is 9.94. The highest BCUT2D eigenvalue weighted by molar-refractivity contribution is 5.81. The minimum absolute atomic E-state index is 0.337. The van der Waals surface area contributed by atoms with Gasteiger partial charge in [-0.2, -0.15) is 0 Å². The van der Waals surface area contributed by atoms with Crippen LogP contribution in [0.2, 0.25) is 0 Å². The highest BCUT2D eigenvalue weighted by Gasteiger charge is 2.04. The molecule has 0 saturated carbocycles. The highest BCUT2D eigenvalue weighted by Crippen LogP contribution is 2.26. The lowest BCUT2D eigenvalue weighted by molar-refractivity contribution is -0.138. The lowest BCUT2D eigenvalue weighted by Crippen LogP contribution is -2.06. The van der Waals surface area contributed by atoms with Gasteiger partial charge in [-0.25, -0.2) is 9.59 Å². The highest BCUT2D eigenvalue weighted by atomic mass is 16.5. The molecule has 0 aromatic heterocycles. The molecular weight excluding hydrogens is 350 g/mol. The van der Waals surface area contributed by atoms with Crippen molar-refractivity contribution in [3.8, 4) is 11.5 Å². The van der Waals surface area contributed by atoms with Crippen LogP contribution < -0.4 is 15.2 Å². The molecule has 1 rings (SSSR count). The summed E-state index contributed by atoms with van der Waals surface area (Å²) in [5.74, 6) is 0.395. The number of anilines is 1. The zero-order valence-corrected chi connectivity index (χ0v) is 15.5. The van der Waals surface area contributed by atoms with Gasteiger partial charge in [-0.1, -0.05) is 13.2 Å². The number of esters is 2. The molecule has 0 aliphatic heterocycles. The first-order chi connectivity index (χ1) is 13.1. The van der Waals surface area contributed by atoms with E-state index in [1.165, 1.54) is 0 Å². The first kappa shape index (κ1) is 22.1. The van der Waals surface area contributed by atoms with Crippen molar-refractivity contribution in [2.45, 2.75) is 25.7 Å².